The molecule has 0 aliphatic rings. The number of unbranched alkanes of at least 4 members (excludes halogenated alkanes) is 6. The van der Waals surface area contributed by atoms with Crippen molar-refractivity contribution < 1.29 is 0 Å². The largest absolute Gasteiger partial charge is 0.314 e. The normalized spacial score (nSPS) is 12.6. The fraction of sp³-hybridized carbons (Fsp3) is 0.882. The molecule has 0 saturated heterocycles. The first-order chi connectivity index (χ1) is 8.85. The monoisotopic (exact) mass is 253 g/mol. The highest BCUT2D eigenvalue weighted by atomic mass is 14.9. The molecule has 0 rings (SSSR count). The molecule has 1 N–H and O–H groups in total. The highest BCUT2D eigenvalue weighted by molar-refractivity contribution is 4.71. The lowest BCUT2D eigenvalue weighted by atomic mass is 10.0. The molecule has 0 spiro atoms. The van der Waals surface area contributed by atoms with Crippen molar-refractivity contribution in [2.45, 2.75) is 90.5 Å². The summed E-state index contributed by atoms with van der Waals surface area (Å²) in [7, 11) is 0. The van der Waals surface area contributed by atoms with E-state index in [9.17, 15) is 0 Å². The highest BCUT2D eigenvalue weighted by Crippen LogP contribution is 2.12. The van der Waals surface area contributed by atoms with Gasteiger partial charge in [-0.05, 0) is 38.6 Å². The molecule has 0 saturated carbocycles. The van der Waals surface area contributed by atoms with Gasteiger partial charge in [0.1, 0.15) is 0 Å². The van der Waals surface area contributed by atoms with Crippen LogP contribution in [0.2, 0.25) is 0 Å². The summed E-state index contributed by atoms with van der Waals surface area (Å²) >= 11 is 0. The molecule has 0 aliphatic heterocycles. The van der Waals surface area contributed by atoms with Crippen LogP contribution in [0.5, 0.6) is 0 Å². The zero-order valence-electron chi connectivity index (χ0n) is 12.8. The molecule has 0 fully saturated rings. The van der Waals surface area contributed by atoms with Gasteiger partial charge in [0.2, 0.25) is 0 Å². The molecule has 0 aromatic rings. The highest BCUT2D eigenvalue weighted by Gasteiger charge is 2.06. The van der Waals surface area contributed by atoms with E-state index in [-0.39, 0.29) is 0 Å². The second-order valence-electron chi connectivity index (χ2n) is 5.43. The smallest absolute Gasteiger partial charge is 0.00671 e. The average molecular weight is 253 g/mol. The molecule has 0 aromatic heterocycles. The molecule has 1 unspecified atom stereocenters. The standard InChI is InChI=1S/C17H35N/c1-4-7-9-10-11-13-15-17(18-16-6-3)14-12-8-5-2/h5,17-18H,2,4,6-16H2,1,3H3. The first-order valence-electron chi connectivity index (χ1n) is 8.19. The minimum atomic E-state index is 0.746. The van der Waals surface area contributed by atoms with Crippen LogP contribution in [0.1, 0.15) is 84.5 Å². The summed E-state index contributed by atoms with van der Waals surface area (Å²) in [5, 5.41) is 3.70. The first kappa shape index (κ1) is 17.7. The second kappa shape index (κ2) is 14.8. The molecule has 0 heterocycles. The van der Waals surface area contributed by atoms with Crippen molar-refractivity contribution in [1.29, 1.82) is 0 Å². The third-order valence-corrected chi connectivity index (χ3v) is 3.55. The zero-order valence-corrected chi connectivity index (χ0v) is 12.8. The third-order valence-electron chi connectivity index (χ3n) is 3.55. The minimum absolute atomic E-state index is 0.746. The van der Waals surface area contributed by atoms with Crippen molar-refractivity contribution >= 4 is 0 Å². The van der Waals surface area contributed by atoms with E-state index in [4.69, 9.17) is 0 Å². The molecular weight excluding hydrogens is 218 g/mol. The first-order valence-corrected chi connectivity index (χ1v) is 8.19. The molecule has 0 aliphatic carbocycles. The van der Waals surface area contributed by atoms with Gasteiger partial charge in [0, 0.05) is 6.04 Å². The van der Waals surface area contributed by atoms with Crippen LogP contribution in [0.15, 0.2) is 12.7 Å². The van der Waals surface area contributed by atoms with Crippen molar-refractivity contribution in [3.63, 3.8) is 0 Å². The van der Waals surface area contributed by atoms with Crippen molar-refractivity contribution in [3.05, 3.63) is 12.7 Å². The molecule has 0 radical (unpaired) electrons. The van der Waals surface area contributed by atoms with E-state index in [1.165, 1.54) is 77.2 Å². The Hall–Kier alpha value is -0.300. The van der Waals surface area contributed by atoms with Gasteiger partial charge in [-0.3, -0.25) is 0 Å². The summed E-state index contributed by atoms with van der Waals surface area (Å²) in [5.41, 5.74) is 0. The van der Waals surface area contributed by atoms with E-state index in [1.54, 1.807) is 0 Å². The van der Waals surface area contributed by atoms with Crippen LogP contribution in [0.25, 0.3) is 0 Å². The molecule has 108 valence electrons. The van der Waals surface area contributed by atoms with Crippen LogP contribution in [0, 0.1) is 0 Å². The Morgan fingerprint density at radius 1 is 0.889 bits per heavy atom. The van der Waals surface area contributed by atoms with Crippen LogP contribution in [-0.2, 0) is 0 Å². The number of hydrogen-bond donors (Lipinski definition) is 1. The quantitative estimate of drug-likeness (QED) is 0.320. The van der Waals surface area contributed by atoms with Gasteiger partial charge in [-0.1, -0.05) is 58.4 Å². The lowest BCUT2D eigenvalue weighted by Crippen LogP contribution is -2.29. The van der Waals surface area contributed by atoms with Crippen molar-refractivity contribution in [3.8, 4) is 0 Å². The van der Waals surface area contributed by atoms with Crippen LogP contribution >= 0.6 is 0 Å². The average Bonchev–Trinajstić information content (AvgIpc) is 2.39. The van der Waals surface area contributed by atoms with E-state index < -0.39 is 0 Å². The summed E-state index contributed by atoms with van der Waals surface area (Å²) in [6, 6.07) is 0.746. The molecular formula is C17H35N. The molecule has 1 heteroatoms. The lowest BCUT2D eigenvalue weighted by Gasteiger charge is -2.18. The minimum Gasteiger partial charge on any atom is -0.314 e. The van der Waals surface area contributed by atoms with Gasteiger partial charge in [0.15, 0.2) is 0 Å². The SMILES string of the molecule is C=CCCCC(CCCCCCCC)NCCC. The van der Waals surface area contributed by atoms with Crippen molar-refractivity contribution in [1.82, 2.24) is 5.32 Å². The maximum atomic E-state index is 3.80. The Bertz CT molecular complexity index is 165. The van der Waals surface area contributed by atoms with Gasteiger partial charge in [0.25, 0.3) is 0 Å². The maximum Gasteiger partial charge on any atom is 0.00671 e. The summed E-state index contributed by atoms with van der Waals surface area (Å²) < 4.78 is 0. The predicted molar refractivity (Wildman–Crippen MR) is 84.1 cm³/mol. The Morgan fingerprint density at radius 2 is 1.56 bits per heavy atom. The van der Waals surface area contributed by atoms with Gasteiger partial charge in [-0.25, -0.2) is 0 Å². The number of allylic oxidation sites excluding steroid dienone is 1. The maximum absolute atomic E-state index is 3.80. The van der Waals surface area contributed by atoms with Crippen LogP contribution in [-0.4, -0.2) is 12.6 Å². The van der Waals surface area contributed by atoms with E-state index in [0.717, 1.165) is 6.04 Å². The van der Waals surface area contributed by atoms with Gasteiger partial charge in [0.05, 0.1) is 0 Å². The number of rotatable bonds is 14. The summed E-state index contributed by atoms with van der Waals surface area (Å²) in [6.45, 7) is 9.51. The number of hydrogen-bond acceptors (Lipinski definition) is 1. The molecule has 0 bridgehead atoms. The predicted octanol–water partition coefficient (Wildman–Crippen LogP) is 5.46. The lowest BCUT2D eigenvalue weighted by molar-refractivity contribution is 0.422. The molecule has 0 aromatic carbocycles. The summed E-state index contributed by atoms with van der Waals surface area (Å²) in [5.74, 6) is 0. The topological polar surface area (TPSA) is 12.0 Å². The van der Waals surface area contributed by atoms with Gasteiger partial charge in [-0.2, -0.15) is 0 Å². The molecule has 18 heavy (non-hydrogen) atoms. The van der Waals surface area contributed by atoms with Gasteiger partial charge < -0.3 is 5.32 Å². The molecule has 0 amide bonds. The Morgan fingerprint density at radius 3 is 2.22 bits per heavy atom. The fourth-order valence-electron chi connectivity index (χ4n) is 2.38. The van der Waals surface area contributed by atoms with Crippen molar-refractivity contribution in [2.24, 2.45) is 0 Å². The van der Waals surface area contributed by atoms with Gasteiger partial charge in [-0.15, -0.1) is 6.58 Å². The van der Waals surface area contributed by atoms with E-state index in [0.29, 0.717) is 0 Å². The molecule has 1 atom stereocenters. The molecule has 1 nitrogen and oxygen atoms in total. The van der Waals surface area contributed by atoms with Crippen LogP contribution in [0.4, 0.5) is 0 Å². The van der Waals surface area contributed by atoms with E-state index in [1.807, 2.05) is 6.08 Å². The zero-order chi connectivity index (χ0) is 13.5. The Kier molecular flexibility index (Phi) is 14.5. The van der Waals surface area contributed by atoms with Gasteiger partial charge >= 0.3 is 0 Å². The van der Waals surface area contributed by atoms with E-state index >= 15 is 0 Å². The van der Waals surface area contributed by atoms with Crippen LogP contribution < -0.4 is 5.32 Å². The summed E-state index contributed by atoms with van der Waals surface area (Å²) in [4.78, 5) is 0. The van der Waals surface area contributed by atoms with E-state index in [2.05, 4.69) is 25.7 Å². The van der Waals surface area contributed by atoms with Crippen molar-refractivity contribution in [2.75, 3.05) is 6.54 Å². The summed E-state index contributed by atoms with van der Waals surface area (Å²) in [6.07, 6.45) is 16.9. The Labute approximate surface area is 115 Å². The second-order valence-corrected chi connectivity index (χ2v) is 5.43. The fourth-order valence-corrected chi connectivity index (χ4v) is 2.38. The third kappa shape index (κ3) is 12.2. The Balaban J connectivity index is 3.54. The number of nitrogens with one attached hydrogen (secondary N) is 1. The van der Waals surface area contributed by atoms with Crippen LogP contribution in [0.3, 0.4) is 0 Å².